The van der Waals surface area contributed by atoms with Gasteiger partial charge in [-0.15, -0.1) is 0 Å². The lowest BCUT2D eigenvalue weighted by Gasteiger charge is -2.38. The summed E-state index contributed by atoms with van der Waals surface area (Å²) in [4.78, 5) is 35.2. The number of halogens is 1. The Labute approximate surface area is 260 Å². The van der Waals surface area contributed by atoms with Crippen LogP contribution in [0.1, 0.15) is 93.3 Å². The number of likely N-dealkylation sites (tertiary alicyclic amines) is 1. The van der Waals surface area contributed by atoms with Gasteiger partial charge < -0.3 is 15.3 Å². The normalized spacial score (nSPS) is 22.2. The van der Waals surface area contributed by atoms with Gasteiger partial charge in [0, 0.05) is 42.2 Å². The summed E-state index contributed by atoms with van der Waals surface area (Å²) >= 11 is 0. The average molecular weight is 602 g/mol. The van der Waals surface area contributed by atoms with Crippen molar-refractivity contribution in [1.82, 2.24) is 10.2 Å². The van der Waals surface area contributed by atoms with Gasteiger partial charge in [0.25, 0.3) is 5.91 Å². The van der Waals surface area contributed by atoms with E-state index in [0.29, 0.717) is 18.2 Å². The molecule has 2 aromatic rings. The zero-order valence-electron chi connectivity index (χ0n) is 26.3. The number of aliphatic hydroxyl groups is 1. The van der Waals surface area contributed by atoms with Crippen LogP contribution < -0.4 is 10.2 Å². The second-order valence-corrected chi connectivity index (χ2v) is 13.5. The van der Waals surface area contributed by atoms with Crippen molar-refractivity contribution >= 4 is 23.3 Å². The molecule has 3 aliphatic rings. The number of hydrogen-bond acceptors (Lipinski definition) is 5. The Balaban J connectivity index is 1.38. The van der Waals surface area contributed by atoms with Crippen molar-refractivity contribution in [2.75, 3.05) is 18.0 Å². The third-order valence-corrected chi connectivity index (χ3v) is 9.46. The van der Waals surface area contributed by atoms with E-state index in [0.717, 1.165) is 75.5 Å². The van der Waals surface area contributed by atoms with Gasteiger partial charge in [0.2, 0.25) is 5.91 Å². The van der Waals surface area contributed by atoms with E-state index in [1.165, 1.54) is 17.7 Å². The first-order chi connectivity index (χ1) is 20.9. The van der Waals surface area contributed by atoms with E-state index >= 15 is 0 Å². The fourth-order valence-electron chi connectivity index (χ4n) is 6.96. The maximum Gasteiger partial charge on any atom is 0.278 e. The molecule has 1 aliphatic carbocycles. The largest absolute Gasteiger partial charge is 0.390 e. The van der Waals surface area contributed by atoms with Crippen LogP contribution >= 0.6 is 0 Å². The molecule has 1 saturated heterocycles. The van der Waals surface area contributed by atoms with E-state index in [9.17, 15) is 24.3 Å². The van der Waals surface area contributed by atoms with Crippen LogP contribution in [0.2, 0.25) is 0 Å². The van der Waals surface area contributed by atoms with Crippen LogP contribution in [0.15, 0.2) is 41.4 Å². The predicted molar refractivity (Wildman–Crippen MR) is 169 cm³/mol. The van der Waals surface area contributed by atoms with Gasteiger partial charge in [-0.25, -0.2) is 4.39 Å². The number of carbonyl (C=O) groups excluding carboxylic acids is 2. The molecule has 0 bridgehead atoms. The van der Waals surface area contributed by atoms with Crippen LogP contribution in [0.5, 0.6) is 0 Å². The minimum absolute atomic E-state index is 0.0282. The topological polar surface area (TPSA) is 109 Å². The molecule has 0 atom stereocenters. The highest BCUT2D eigenvalue weighted by molar-refractivity contribution is 6.13. The molecule has 2 heterocycles. The summed E-state index contributed by atoms with van der Waals surface area (Å²) in [6, 6.07) is 12.2. The van der Waals surface area contributed by atoms with Gasteiger partial charge >= 0.3 is 0 Å². The van der Waals surface area contributed by atoms with E-state index < -0.39 is 17.3 Å². The third-order valence-electron chi connectivity index (χ3n) is 9.46. The number of carbonyl (C=O) groups is 2. The first kappa shape index (κ1) is 31.8. The van der Waals surface area contributed by atoms with Gasteiger partial charge in [0.15, 0.2) is 0 Å². The summed E-state index contributed by atoms with van der Waals surface area (Å²) in [5.74, 6) is -0.153. The summed E-state index contributed by atoms with van der Waals surface area (Å²) in [5, 5.41) is 22.7. The van der Waals surface area contributed by atoms with Crippen molar-refractivity contribution in [2.45, 2.75) is 96.9 Å². The van der Waals surface area contributed by atoms with Gasteiger partial charge in [0.05, 0.1) is 11.2 Å². The summed E-state index contributed by atoms with van der Waals surface area (Å²) in [6.07, 6.45) is 5.54. The number of piperidine rings is 1. The van der Waals surface area contributed by atoms with Crippen LogP contribution in [0.3, 0.4) is 0 Å². The molecule has 9 heteroatoms. The van der Waals surface area contributed by atoms with E-state index in [4.69, 9.17) is 0 Å². The second kappa shape index (κ2) is 13.2. The molecular formula is C35H44FN5O3. The maximum absolute atomic E-state index is 13.9. The standard InChI is InChI=1S/C35H44FN5O3/c1-22(2)38-33(42)24-7-10-29(11-8-24)41-31-17-23(21-40-15-13-28(14-16-40)35(3,4)44)5-6-25(31)19-32(41)39-34(43)26-9-12-30(36)27(18-26)20-37/h5-6,9,12,17-18,22,24,28-29,44H,7-8,10-11,13-16,19,21H2,1-4H3,(H,38,42). The Bertz CT molecular complexity index is 1460. The summed E-state index contributed by atoms with van der Waals surface area (Å²) < 4.78 is 13.9. The molecule has 8 nitrogen and oxygen atoms in total. The van der Waals surface area contributed by atoms with Crippen molar-refractivity contribution in [1.29, 1.82) is 5.26 Å². The zero-order chi connectivity index (χ0) is 31.6. The summed E-state index contributed by atoms with van der Waals surface area (Å²) in [5.41, 5.74) is 2.66. The molecule has 0 spiro atoms. The van der Waals surface area contributed by atoms with Gasteiger partial charge in [-0.2, -0.15) is 10.3 Å². The molecule has 2 fully saturated rings. The molecule has 2 aromatic carbocycles. The molecule has 0 aromatic heterocycles. The van der Waals surface area contributed by atoms with Crippen LogP contribution in [-0.2, 0) is 17.8 Å². The van der Waals surface area contributed by atoms with E-state index in [1.807, 2.05) is 27.7 Å². The molecular weight excluding hydrogens is 557 g/mol. The lowest BCUT2D eigenvalue weighted by atomic mass is 9.83. The number of amidine groups is 1. The molecule has 0 unspecified atom stereocenters. The number of amides is 2. The number of nitrogens with one attached hydrogen (secondary N) is 1. The molecule has 1 saturated carbocycles. The number of benzene rings is 2. The Kier molecular flexibility index (Phi) is 9.52. The lowest BCUT2D eigenvalue weighted by Crippen LogP contribution is -2.44. The van der Waals surface area contributed by atoms with Gasteiger partial charge in [-0.05, 0) is 121 Å². The number of nitrogens with zero attached hydrogens (tertiary/aromatic N) is 4. The maximum atomic E-state index is 13.9. The Morgan fingerprint density at radius 2 is 1.80 bits per heavy atom. The highest BCUT2D eigenvalue weighted by atomic mass is 19.1. The fraction of sp³-hybridized carbons (Fsp3) is 0.543. The highest BCUT2D eigenvalue weighted by Crippen LogP contribution is 2.38. The summed E-state index contributed by atoms with van der Waals surface area (Å²) in [6.45, 7) is 10.4. The zero-order valence-corrected chi connectivity index (χ0v) is 26.3. The van der Waals surface area contributed by atoms with Crippen LogP contribution in [0.25, 0.3) is 0 Å². The van der Waals surface area contributed by atoms with Crippen molar-refractivity contribution in [3.8, 4) is 6.07 Å². The van der Waals surface area contributed by atoms with Gasteiger partial charge in [-0.3, -0.25) is 14.5 Å². The quantitative estimate of drug-likeness (QED) is 0.442. The third kappa shape index (κ3) is 7.19. The second-order valence-electron chi connectivity index (χ2n) is 13.5. The Morgan fingerprint density at radius 1 is 1.09 bits per heavy atom. The molecule has 44 heavy (non-hydrogen) atoms. The van der Waals surface area contributed by atoms with Gasteiger partial charge in [0.1, 0.15) is 17.7 Å². The highest BCUT2D eigenvalue weighted by Gasteiger charge is 2.37. The van der Waals surface area contributed by atoms with Crippen molar-refractivity contribution < 1.29 is 19.1 Å². The number of fused-ring (bicyclic) bond motifs is 1. The minimum atomic E-state index is -0.665. The van der Waals surface area contributed by atoms with Crippen LogP contribution in [0, 0.1) is 29.0 Å². The first-order valence-electron chi connectivity index (χ1n) is 15.9. The number of hydrogen-bond donors (Lipinski definition) is 2. The van der Waals surface area contributed by atoms with Gasteiger partial charge in [-0.1, -0.05) is 12.1 Å². The number of aliphatic imine (C=N–C) groups is 1. The first-order valence-corrected chi connectivity index (χ1v) is 15.9. The lowest BCUT2D eigenvalue weighted by molar-refractivity contribution is -0.126. The molecule has 0 radical (unpaired) electrons. The van der Waals surface area contributed by atoms with E-state index in [-0.39, 0.29) is 35.0 Å². The monoisotopic (exact) mass is 601 g/mol. The Hall–Kier alpha value is -3.61. The predicted octanol–water partition coefficient (Wildman–Crippen LogP) is 5.37. The summed E-state index contributed by atoms with van der Waals surface area (Å²) in [7, 11) is 0. The van der Waals surface area contributed by atoms with Crippen molar-refractivity contribution in [2.24, 2.45) is 16.8 Å². The smallest absolute Gasteiger partial charge is 0.278 e. The average Bonchev–Trinajstić information content (AvgIpc) is 3.33. The van der Waals surface area contributed by atoms with Crippen molar-refractivity contribution in [3.63, 3.8) is 0 Å². The molecule has 2 amide bonds. The molecule has 2 N–H and O–H groups in total. The number of nitriles is 1. The molecule has 2 aliphatic heterocycles. The van der Waals surface area contributed by atoms with E-state index in [2.05, 4.69) is 38.3 Å². The van der Waals surface area contributed by atoms with Crippen molar-refractivity contribution in [3.05, 3.63) is 64.5 Å². The fourth-order valence-corrected chi connectivity index (χ4v) is 6.96. The molecule has 5 rings (SSSR count). The van der Waals surface area contributed by atoms with E-state index in [1.54, 1.807) is 6.07 Å². The molecule has 234 valence electrons. The SMILES string of the molecule is CC(C)NC(=O)C1CCC(N2C(=NC(=O)c3ccc(F)c(C#N)c3)Cc3ccc(CN4CCC(C(C)(C)O)CC4)cc32)CC1. The van der Waals surface area contributed by atoms with Crippen LogP contribution in [0.4, 0.5) is 10.1 Å². The number of anilines is 1. The minimum Gasteiger partial charge on any atom is -0.390 e. The van der Waals surface area contributed by atoms with Crippen LogP contribution in [-0.4, -0.2) is 58.4 Å². The Morgan fingerprint density at radius 3 is 2.43 bits per heavy atom. The number of rotatable bonds is 7.